The molecular formula is C16H23N3O2S. The molecule has 0 radical (unpaired) electrons. The van der Waals surface area contributed by atoms with Crippen molar-refractivity contribution in [3.8, 4) is 0 Å². The molecule has 2 aromatic rings. The Morgan fingerprint density at radius 3 is 3.00 bits per heavy atom. The zero-order valence-electron chi connectivity index (χ0n) is 13.5. The molecular weight excluding hydrogens is 298 g/mol. The molecule has 1 saturated heterocycles. The lowest BCUT2D eigenvalue weighted by atomic mass is 10.1. The molecule has 1 aliphatic rings. The van der Waals surface area contributed by atoms with E-state index in [9.17, 15) is 0 Å². The van der Waals surface area contributed by atoms with Gasteiger partial charge in [0.25, 0.3) is 0 Å². The molecule has 1 unspecified atom stereocenters. The largest absolute Gasteiger partial charge is 0.382 e. The molecule has 1 fully saturated rings. The number of thiophene rings is 1. The van der Waals surface area contributed by atoms with Crippen LogP contribution in [0.3, 0.4) is 0 Å². The molecule has 1 aliphatic heterocycles. The van der Waals surface area contributed by atoms with Gasteiger partial charge in [-0.15, -0.1) is 11.3 Å². The smallest absolute Gasteiger partial charge is 0.141 e. The van der Waals surface area contributed by atoms with Crippen LogP contribution < -0.4 is 4.90 Å². The number of aryl methyl sites for hydroxylation is 2. The molecule has 5 nitrogen and oxygen atoms in total. The summed E-state index contributed by atoms with van der Waals surface area (Å²) in [6.45, 7) is 8.30. The fourth-order valence-electron chi connectivity index (χ4n) is 2.95. The SMILES string of the molecule is COCCOCC1CCN(c2nc(C)nc3scc(C)c23)C1. The van der Waals surface area contributed by atoms with Crippen molar-refractivity contribution < 1.29 is 9.47 Å². The van der Waals surface area contributed by atoms with Crippen molar-refractivity contribution in [3.63, 3.8) is 0 Å². The molecule has 0 N–H and O–H groups in total. The second kappa shape index (κ2) is 6.89. The summed E-state index contributed by atoms with van der Waals surface area (Å²) in [5.74, 6) is 2.52. The Morgan fingerprint density at radius 2 is 2.18 bits per heavy atom. The van der Waals surface area contributed by atoms with Crippen molar-refractivity contribution in [3.05, 3.63) is 16.8 Å². The van der Waals surface area contributed by atoms with Gasteiger partial charge in [-0.1, -0.05) is 0 Å². The number of aromatic nitrogens is 2. The first kappa shape index (κ1) is 15.6. The van der Waals surface area contributed by atoms with Crippen molar-refractivity contribution in [2.75, 3.05) is 44.9 Å². The van der Waals surface area contributed by atoms with Crippen LogP contribution in [0.2, 0.25) is 0 Å². The van der Waals surface area contributed by atoms with Crippen LogP contribution in [0, 0.1) is 19.8 Å². The Labute approximate surface area is 135 Å². The highest BCUT2D eigenvalue weighted by Gasteiger charge is 2.26. The van der Waals surface area contributed by atoms with E-state index in [1.54, 1.807) is 18.4 Å². The quantitative estimate of drug-likeness (QED) is 0.766. The van der Waals surface area contributed by atoms with E-state index >= 15 is 0 Å². The first-order valence-corrected chi connectivity index (χ1v) is 8.61. The summed E-state index contributed by atoms with van der Waals surface area (Å²) in [5.41, 5.74) is 1.27. The lowest BCUT2D eigenvalue weighted by molar-refractivity contribution is 0.0549. The molecule has 0 amide bonds. The number of methoxy groups -OCH3 is 1. The minimum Gasteiger partial charge on any atom is -0.382 e. The van der Waals surface area contributed by atoms with Crippen molar-refractivity contribution in [2.24, 2.45) is 5.92 Å². The van der Waals surface area contributed by atoms with Crippen LogP contribution in [0.4, 0.5) is 5.82 Å². The predicted molar refractivity (Wildman–Crippen MR) is 89.9 cm³/mol. The molecule has 120 valence electrons. The van der Waals surface area contributed by atoms with Gasteiger partial charge in [-0.3, -0.25) is 0 Å². The highest BCUT2D eigenvalue weighted by Crippen LogP contribution is 2.34. The molecule has 22 heavy (non-hydrogen) atoms. The number of ether oxygens (including phenoxy) is 2. The van der Waals surface area contributed by atoms with Gasteiger partial charge in [0.1, 0.15) is 16.5 Å². The van der Waals surface area contributed by atoms with Gasteiger partial charge in [0.2, 0.25) is 0 Å². The van der Waals surface area contributed by atoms with E-state index in [4.69, 9.17) is 14.5 Å². The Morgan fingerprint density at radius 1 is 1.32 bits per heavy atom. The maximum atomic E-state index is 5.68. The van der Waals surface area contributed by atoms with E-state index in [2.05, 4.69) is 22.2 Å². The first-order valence-electron chi connectivity index (χ1n) is 7.73. The monoisotopic (exact) mass is 321 g/mol. The zero-order valence-corrected chi connectivity index (χ0v) is 14.3. The summed E-state index contributed by atoms with van der Waals surface area (Å²) in [4.78, 5) is 12.8. The van der Waals surface area contributed by atoms with E-state index in [1.807, 2.05) is 6.92 Å². The third kappa shape index (κ3) is 3.24. The topological polar surface area (TPSA) is 47.5 Å². The summed E-state index contributed by atoms with van der Waals surface area (Å²) >= 11 is 1.70. The Balaban J connectivity index is 1.71. The van der Waals surface area contributed by atoms with E-state index < -0.39 is 0 Å². The molecule has 0 aliphatic carbocycles. The van der Waals surface area contributed by atoms with E-state index in [-0.39, 0.29) is 0 Å². The number of nitrogens with zero attached hydrogens (tertiary/aromatic N) is 3. The van der Waals surface area contributed by atoms with Crippen molar-refractivity contribution >= 4 is 27.4 Å². The average Bonchev–Trinajstić information content (AvgIpc) is 3.10. The summed E-state index contributed by atoms with van der Waals surface area (Å²) < 4.78 is 10.7. The maximum absolute atomic E-state index is 5.68. The second-order valence-electron chi connectivity index (χ2n) is 5.86. The van der Waals surface area contributed by atoms with Gasteiger partial charge in [-0.2, -0.15) is 0 Å². The van der Waals surface area contributed by atoms with Crippen LogP contribution in [-0.2, 0) is 9.47 Å². The molecule has 0 aromatic carbocycles. The molecule has 3 heterocycles. The Kier molecular flexibility index (Phi) is 4.90. The van der Waals surface area contributed by atoms with Crippen molar-refractivity contribution in [1.82, 2.24) is 9.97 Å². The van der Waals surface area contributed by atoms with Crippen LogP contribution in [-0.4, -0.2) is 50.0 Å². The second-order valence-corrected chi connectivity index (χ2v) is 6.72. The molecule has 0 saturated carbocycles. The number of hydrogen-bond donors (Lipinski definition) is 0. The Hall–Kier alpha value is -1.24. The van der Waals surface area contributed by atoms with Crippen LogP contribution in [0.15, 0.2) is 5.38 Å². The normalized spacial score (nSPS) is 18.5. The minimum absolute atomic E-state index is 0.570. The summed E-state index contributed by atoms with van der Waals surface area (Å²) in [6, 6.07) is 0. The highest BCUT2D eigenvalue weighted by atomic mass is 32.1. The van der Waals surface area contributed by atoms with E-state index in [0.29, 0.717) is 19.1 Å². The van der Waals surface area contributed by atoms with Crippen LogP contribution >= 0.6 is 11.3 Å². The molecule has 1 atom stereocenters. The first-order chi connectivity index (χ1) is 10.7. The summed E-state index contributed by atoms with van der Waals surface area (Å²) in [5, 5.41) is 3.39. The minimum atomic E-state index is 0.570. The van der Waals surface area contributed by atoms with Gasteiger partial charge in [-0.25, -0.2) is 9.97 Å². The zero-order chi connectivity index (χ0) is 15.5. The number of anilines is 1. The molecule has 2 aromatic heterocycles. The van der Waals surface area contributed by atoms with Gasteiger partial charge in [-0.05, 0) is 31.2 Å². The van der Waals surface area contributed by atoms with Crippen LogP contribution in [0.5, 0.6) is 0 Å². The number of fused-ring (bicyclic) bond motifs is 1. The molecule has 6 heteroatoms. The van der Waals surface area contributed by atoms with E-state index in [0.717, 1.165) is 42.6 Å². The van der Waals surface area contributed by atoms with Gasteiger partial charge >= 0.3 is 0 Å². The molecule has 0 spiro atoms. The Bertz CT molecular complexity index is 644. The standard InChI is InChI=1S/C16H23N3O2S/c1-11-10-22-16-14(11)15(17-12(2)18-16)19-5-4-13(8-19)9-21-7-6-20-3/h10,13H,4-9H2,1-3H3. The van der Waals surface area contributed by atoms with Crippen LogP contribution in [0.1, 0.15) is 17.8 Å². The molecule has 0 bridgehead atoms. The third-order valence-corrected chi connectivity index (χ3v) is 5.07. The maximum Gasteiger partial charge on any atom is 0.141 e. The lowest BCUT2D eigenvalue weighted by Crippen LogP contribution is -2.23. The predicted octanol–water partition coefficient (Wildman–Crippen LogP) is 2.80. The average molecular weight is 321 g/mol. The summed E-state index contributed by atoms with van der Waals surface area (Å²) in [7, 11) is 1.70. The van der Waals surface area contributed by atoms with Crippen molar-refractivity contribution in [1.29, 1.82) is 0 Å². The fraction of sp³-hybridized carbons (Fsp3) is 0.625. The third-order valence-electron chi connectivity index (χ3n) is 4.08. The fourth-order valence-corrected chi connectivity index (χ4v) is 3.91. The highest BCUT2D eigenvalue weighted by molar-refractivity contribution is 7.17. The number of rotatable bonds is 6. The number of hydrogen-bond acceptors (Lipinski definition) is 6. The van der Waals surface area contributed by atoms with Gasteiger partial charge in [0.05, 0.1) is 25.2 Å². The van der Waals surface area contributed by atoms with Gasteiger partial charge in [0, 0.05) is 26.1 Å². The summed E-state index contributed by atoms with van der Waals surface area (Å²) in [6.07, 6.45) is 1.15. The van der Waals surface area contributed by atoms with Crippen molar-refractivity contribution in [2.45, 2.75) is 20.3 Å². The molecule has 3 rings (SSSR count). The van der Waals surface area contributed by atoms with Gasteiger partial charge < -0.3 is 14.4 Å². The van der Waals surface area contributed by atoms with Crippen LogP contribution in [0.25, 0.3) is 10.2 Å². The van der Waals surface area contributed by atoms with E-state index in [1.165, 1.54) is 10.9 Å². The lowest BCUT2D eigenvalue weighted by Gasteiger charge is -2.19. The van der Waals surface area contributed by atoms with Gasteiger partial charge in [0.15, 0.2) is 0 Å².